The molecular weight excluding hydrogens is 384 g/mol. The van der Waals surface area contributed by atoms with E-state index in [0.29, 0.717) is 18.4 Å². The monoisotopic (exact) mass is 400 g/mol. The Morgan fingerprint density at radius 1 is 1.32 bits per heavy atom. The third kappa shape index (κ3) is 4.07. The van der Waals surface area contributed by atoms with Gasteiger partial charge in [0.1, 0.15) is 11.4 Å². The minimum atomic E-state index is -1.29. The highest BCUT2D eigenvalue weighted by atomic mass is 32.1. The number of ketones is 1. The second kappa shape index (κ2) is 8.01. The Bertz CT molecular complexity index is 1040. The number of aldehydes is 1. The molecule has 0 unspecified atom stereocenters. The molecule has 0 aliphatic heterocycles. The molecule has 0 aliphatic carbocycles. The van der Waals surface area contributed by atoms with Crippen LogP contribution in [0.25, 0.3) is 11.3 Å². The molecule has 2 N–H and O–H groups in total. The minimum absolute atomic E-state index is 0.0486. The molecule has 0 aliphatic rings. The van der Waals surface area contributed by atoms with E-state index in [4.69, 9.17) is 9.84 Å². The number of carboxylic acid groups (broad SMARTS) is 1. The Hall–Kier alpha value is -3.53. The molecule has 0 saturated carbocycles. The standard InChI is InChI=1S/C18H16N4O5S/c1-10(24)16-15(19-17(28-16)20-18(25)26)13-8-22(21-14(13)9-23)7-11-3-5-12(27-2)6-4-11/h3-6,8-9H,7H2,1-2H3,(H,19,20)(H,25,26). The summed E-state index contributed by atoms with van der Waals surface area (Å²) in [6.45, 7) is 1.74. The van der Waals surface area contributed by atoms with Crippen molar-refractivity contribution in [3.8, 4) is 17.0 Å². The molecule has 3 rings (SSSR count). The van der Waals surface area contributed by atoms with Crippen LogP contribution in [0.3, 0.4) is 0 Å². The van der Waals surface area contributed by atoms with Crippen LogP contribution in [0.4, 0.5) is 9.93 Å². The predicted molar refractivity (Wildman–Crippen MR) is 102 cm³/mol. The van der Waals surface area contributed by atoms with Crippen molar-refractivity contribution >= 4 is 34.6 Å². The van der Waals surface area contributed by atoms with Crippen molar-refractivity contribution < 1.29 is 24.2 Å². The molecule has 0 fully saturated rings. The van der Waals surface area contributed by atoms with Gasteiger partial charge in [-0.15, -0.1) is 0 Å². The molecular formula is C18H16N4O5S. The van der Waals surface area contributed by atoms with E-state index in [0.717, 1.165) is 22.6 Å². The van der Waals surface area contributed by atoms with Gasteiger partial charge in [0, 0.05) is 13.1 Å². The fourth-order valence-electron chi connectivity index (χ4n) is 2.59. The first-order chi connectivity index (χ1) is 13.4. The number of carbonyl (C=O) groups excluding carboxylic acids is 2. The molecule has 0 bridgehead atoms. The predicted octanol–water partition coefficient (Wildman–Crippen LogP) is 3.17. The molecule has 0 spiro atoms. The highest BCUT2D eigenvalue weighted by molar-refractivity contribution is 7.18. The van der Waals surface area contributed by atoms with Crippen LogP contribution in [0.2, 0.25) is 0 Å². The molecule has 2 aromatic heterocycles. The van der Waals surface area contributed by atoms with Gasteiger partial charge >= 0.3 is 6.09 Å². The van der Waals surface area contributed by atoms with Crippen molar-refractivity contribution in [3.05, 3.63) is 46.6 Å². The van der Waals surface area contributed by atoms with Crippen LogP contribution in [0.5, 0.6) is 5.75 Å². The average Bonchev–Trinajstić information content (AvgIpc) is 3.25. The van der Waals surface area contributed by atoms with Crippen molar-refractivity contribution in [2.75, 3.05) is 12.4 Å². The highest BCUT2D eigenvalue weighted by Crippen LogP contribution is 2.33. The number of Topliss-reactive ketones (excluding diaryl/α,β-unsaturated/α-hetero) is 1. The fourth-order valence-corrected chi connectivity index (χ4v) is 3.46. The number of thiazole rings is 1. The average molecular weight is 400 g/mol. The Labute approximate surface area is 163 Å². The van der Waals surface area contributed by atoms with Crippen LogP contribution in [0.15, 0.2) is 30.5 Å². The number of carbonyl (C=O) groups is 3. The molecule has 0 radical (unpaired) electrons. The zero-order valence-corrected chi connectivity index (χ0v) is 15.8. The summed E-state index contributed by atoms with van der Waals surface area (Å²) in [6, 6.07) is 7.38. The summed E-state index contributed by atoms with van der Waals surface area (Å²) in [4.78, 5) is 38.7. The first-order valence-electron chi connectivity index (χ1n) is 8.09. The molecule has 144 valence electrons. The Balaban J connectivity index is 1.98. The van der Waals surface area contributed by atoms with Crippen LogP contribution in [0.1, 0.15) is 32.6 Å². The third-order valence-corrected chi connectivity index (χ3v) is 4.89. The van der Waals surface area contributed by atoms with Gasteiger partial charge < -0.3 is 9.84 Å². The molecule has 28 heavy (non-hydrogen) atoms. The summed E-state index contributed by atoms with van der Waals surface area (Å²) >= 11 is 0.908. The fraction of sp³-hybridized carbons (Fsp3) is 0.167. The SMILES string of the molecule is COc1ccc(Cn2cc(-c3nc(NC(=O)O)sc3C(C)=O)c(C=O)n2)cc1. The molecule has 0 atom stereocenters. The van der Waals surface area contributed by atoms with Crippen molar-refractivity contribution in [1.82, 2.24) is 14.8 Å². The van der Waals surface area contributed by atoms with Crippen molar-refractivity contribution in [1.29, 1.82) is 0 Å². The normalized spacial score (nSPS) is 10.5. The lowest BCUT2D eigenvalue weighted by Gasteiger charge is -2.03. The maximum Gasteiger partial charge on any atom is 0.410 e. The molecule has 1 aromatic carbocycles. The minimum Gasteiger partial charge on any atom is -0.497 e. The maximum atomic E-state index is 12.0. The lowest BCUT2D eigenvalue weighted by Crippen LogP contribution is -2.06. The lowest BCUT2D eigenvalue weighted by molar-refractivity contribution is 0.102. The van der Waals surface area contributed by atoms with Gasteiger partial charge in [-0.05, 0) is 17.7 Å². The van der Waals surface area contributed by atoms with Gasteiger partial charge in [0.05, 0.1) is 29.8 Å². The van der Waals surface area contributed by atoms with E-state index in [9.17, 15) is 14.4 Å². The molecule has 0 saturated heterocycles. The smallest absolute Gasteiger partial charge is 0.410 e. The molecule has 3 aromatic rings. The number of nitrogens with zero attached hydrogens (tertiary/aromatic N) is 3. The van der Waals surface area contributed by atoms with E-state index >= 15 is 0 Å². The zero-order valence-electron chi connectivity index (χ0n) is 15.0. The van der Waals surface area contributed by atoms with E-state index in [2.05, 4.69) is 15.4 Å². The van der Waals surface area contributed by atoms with Gasteiger partial charge in [0.2, 0.25) is 0 Å². The van der Waals surface area contributed by atoms with Gasteiger partial charge in [-0.1, -0.05) is 23.5 Å². The van der Waals surface area contributed by atoms with Crippen LogP contribution >= 0.6 is 11.3 Å². The number of amides is 1. The molecule has 2 heterocycles. The Morgan fingerprint density at radius 2 is 2.04 bits per heavy atom. The maximum absolute atomic E-state index is 12.0. The number of anilines is 1. The number of rotatable bonds is 7. The van der Waals surface area contributed by atoms with Crippen LogP contribution in [0, 0.1) is 0 Å². The van der Waals surface area contributed by atoms with Crippen LogP contribution < -0.4 is 10.1 Å². The number of nitrogens with one attached hydrogen (secondary N) is 1. The van der Waals surface area contributed by atoms with E-state index in [1.807, 2.05) is 24.3 Å². The summed E-state index contributed by atoms with van der Waals surface area (Å²) in [5, 5.41) is 15.3. The topological polar surface area (TPSA) is 123 Å². The quantitative estimate of drug-likeness (QED) is 0.461. The van der Waals surface area contributed by atoms with Gasteiger partial charge in [0.15, 0.2) is 17.2 Å². The number of ether oxygens (including phenoxy) is 1. The summed E-state index contributed by atoms with van der Waals surface area (Å²) in [6.07, 6.45) is 0.897. The number of hydrogen-bond donors (Lipinski definition) is 2. The molecule has 1 amide bonds. The summed E-state index contributed by atoms with van der Waals surface area (Å²) in [5.74, 6) is 0.441. The molecule has 10 heteroatoms. The van der Waals surface area contributed by atoms with Crippen LogP contribution in [-0.4, -0.2) is 45.1 Å². The second-order valence-electron chi connectivity index (χ2n) is 5.77. The zero-order chi connectivity index (χ0) is 20.3. The number of methoxy groups -OCH3 is 1. The van der Waals surface area contributed by atoms with Gasteiger partial charge in [0.25, 0.3) is 0 Å². The van der Waals surface area contributed by atoms with E-state index in [-0.39, 0.29) is 27.2 Å². The highest BCUT2D eigenvalue weighted by Gasteiger charge is 2.22. The Kier molecular flexibility index (Phi) is 5.50. The van der Waals surface area contributed by atoms with Crippen molar-refractivity contribution in [3.63, 3.8) is 0 Å². The van der Waals surface area contributed by atoms with Gasteiger partial charge in [-0.2, -0.15) is 5.10 Å². The second-order valence-corrected chi connectivity index (χ2v) is 6.77. The number of aromatic nitrogens is 3. The van der Waals surface area contributed by atoms with Crippen LogP contribution in [-0.2, 0) is 6.54 Å². The summed E-state index contributed by atoms with van der Waals surface area (Å²) < 4.78 is 6.69. The lowest BCUT2D eigenvalue weighted by atomic mass is 10.1. The van der Waals surface area contributed by atoms with Gasteiger partial charge in [-0.3, -0.25) is 19.6 Å². The number of benzene rings is 1. The Morgan fingerprint density at radius 3 is 2.61 bits per heavy atom. The van der Waals surface area contributed by atoms with E-state index in [1.165, 1.54) is 6.92 Å². The first-order valence-corrected chi connectivity index (χ1v) is 8.90. The summed E-state index contributed by atoms with van der Waals surface area (Å²) in [5.41, 5.74) is 1.64. The molecule has 9 nitrogen and oxygen atoms in total. The number of hydrogen-bond acceptors (Lipinski definition) is 7. The van der Waals surface area contributed by atoms with Crippen molar-refractivity contribution in [2.45, 2.75) is 13.5 Å². The van der Waals surface area contributed by atoms with Crippen molar-refractivity contribution in [2.24, 2.45) is 0 Å². The van der Waals surface area contributed by atoms with E-state index < -0.39 is 6.09 Å². The van der Waals surface area contributed by atoms with Gasteiger partial charge in [-0.25, -0.2) is 9.78 Å². The largest absolute Gasteiger partial charge is 0.497 e. The first kappa shape index (κ1) is 19.2. The summed E-state index contributed by atoms with van der Waals surface area (Å²) in [7, 11) is 1.58. The van der Waals surface area contributed by atoms with E-state index in [1.54, 1.807) is 18.0 Å². The third-order valence-electron chi connectivity index (χ3n) is 3.82.